The number of carbonyl (C=O) groups excluding carboxylic acids is 1. The number of anilines is 1. The van der Waals surface area contributed by atoms with Crippen molar-refractivity contribution >= 4 is 29.2 Å². The third kappa shape index (κ3) is 6.99. The smallest absolute Gasteiger partial charge is 0.225 e. The molecule has 0 bridgehead atoms. The van der Waals surface area contributed by atoms with E-state index in [1.165, 1.54) is 0 Å². The van der Waals surface area contributed by atoms with Crippen LogP contribution in [0.3, 0.4) is 0 Å². The van der Waals surface area contributed by atoms with E-state index in [-0.39, 0.29) is 17.4 Å². The Hall–Kier alpha value is -2.15. The standard InChI is InChI=1S/C21H34ClN5O2/c1-6-23-20(25-11-10-24-19(28)21(2,3)4)26-16-9-12-27(14-16)17-13-15(22)7-8-18(17)29-5/h7-8,13,16H,6,9-12,14H2,1-5H3,(H,24,28)(H2,23,25,26). The molecule has 1 amide bonds. The second-order valence-corrected chi connectivity index (χ2v) is 8.60. The van der Waals surface area contributed by atoms with Crippen molar-refractivity contribution in [2.75, 3.05) is 44.7 Å². The molecule has 29 heavy (non-hydrogen) atoms. The highest BCUT2D eigenvalue weighted by Gasteiger charge is 2.25. The Morgan fingerprint density at radius 2 is 2.10 bits per heavy atom. The van der Waals surface area contributed by atoms with Gasteiger partial charge in [0.1, 0.15) is 5.75 Å². The van der Waals surface area contributed by atoms with Gasteiger partial charge in [-0.1, -0.05) is 32.4 Å². The zero-order valence-corrected chi connectivity index (χ0v) is 18.9. The normalized spacial score (nSPS) is 17.2. The molecule has 1 aromatic rings. The van der Waals surface area contributed by atoms with Gasteiger partial charge in [0.15, 0.2) is 5.96 Å². The van der Waals surface area contributed by atoms with Crippen LogP contribution in [0, 0.1) is 5.41 Å². The van der Waals surface area contributed by atoms with Gasteiger partial charge in [0.2, 0.25) is 5.91 Å². The van der Waals surface area contributed by atoms with E-state index in [2.05, 4.69) is 25.8 Å². The minimum absolute atomic E-state index is 0.0348. The molecule has 1 fully saturated rings. The van der Waals surface area contributed by atoms with Crippen LogP contribution in [0.1, 0.15) is 34.1 Å². The Morgan fingerprint density at radius 1 is 1.34 bits per heavy atom. The molecule has 1 atom stereocenters. The topological polar surface area (TPSA) is 78.0 Å². The maximum absolute atomic E-state index is 11.9. The van der Waals surface area contributed by atoms with E-state index >= 15 is 0 Å². The molecule has 1 unspecified atom stereocenters. The SMILES string of the molecule is CCNC(=NCCNC(=O)C(C)(C)C)NC1CCN(c2cc(Cl)ccc2OC)C1. The summed E-state index contributed by atoms with van der Waals surface area (Å²) in [6.45, 7) is 11.3. The van der Waals surface area contributed by atoms with Crippen molar-refractivity contribution in [1.82, 2.24) is 16.0 Å². The Labute approximate surface area is 179 Å². The molecule has 0 aliphatic carbocycles. The van der Waals surface area contributed by atoms with Gasteiger partial charge in [0.05, 0.1) is 19.3 Å². The number of carbonyl (C=O) groups is 1. The summed E-state index contributed by atoms with van der Waals surface area (Å²) in [5.74, 6) is 1.63. The first kappa shape index (κ1) is 23.1. The molecule has 162 valence electrons. The Morgan fingerprint density at radius 3 is 2.76 bits per heavy atom. The van der Waals surface area contributed by atoms with Crippen molar-refractivity contribution in [2.24, 2.45) is 10.4 Å². The maximum Gasteiger partial charge on any atom is 0.225 e. The maximum atomic E-state index is 11.9. The van der Waals surface area contributed by atoms with Crippen molar-refractivity contribution < 1.29 is 9.53 Å². The van der Waals surface area contributed by atoms with Gasteiger partial charge in [-0.25, -0.2) is 0 Å². The van der Waals surface area contributed by atoms with Gasteiger partial charge < -0.3 is 25.6 Å². The summed E-state index contributed by atoms with van der Waals surface area (Å²) in [5.41, 5.74) is 0.623. The van der Waals surface area contributed by atoms with E-state index in [4.69, 9.17) is 16.3 Å². The fourth-order valence-corrected chi connectivity index (χ4v) is 3.29. The van der Waals surface area contributed by atoms with Crippen molar-refractivity contribution in [3.63, 3.8) is 0 Å². The molecule has 7 nitrogen and oxygen atoms in total. The predicted octanol–water partition coefficient (Wildman–Crippen LogP) is 2.64. The van der Waals surface area contributed by atoms with Crippen LogP contribution in [0.15, 0.2) is 23.2 Å². The number of amides is 1. The zero-order chi connectivity index (χ0) is 21.4. The quantitative estimate of drug-likeness (QED) is 0.357. The van der Waals surface area contributed by atoms with Gasteiger partial charge in [-0.15, -0.1) is 0 Å². The first-order valence-corrected chi connectivity index (χ1v) is 10.5. The summed E-state index contributed by atoms with van der Waals surface area (Å²) in [4.78, 5) is 18.8. The van der Waals surface area contributed by atoms with Crippen LogP contribution in [-0.4, -0.2) is 57.7 Å². The van der Waals surface area contributed by atoms with E-state index < -0.39 is 0 Å². The third-order valence-electron chi connectivity index (χ3n) is 4.70. The number of benzene rings is 1. The lowest BCUT2D eigenvalue weighted by Crippen LogP contribution is -2.45. The van der Waals surface area contributed by atoms with Crippen molar-refractivity contribution in [1.29, 1.82) is 0 Å². The highest BCUT2D eigenvalue weighted by Crippen LogP contribution is 2.33. The molecular weight excluding hydrogens is 390 g/mol. The van der Waals surface area contributed by atoms with E-state index in [0.717, 1.165) is 43.5 Å². The number of hydrogen-bond donors (Lipinski definition) is 3. The number of aliphatic imine (C=N–C) groups is 1. The molecule has 0 radical (unpaired) electrons. The second kappa shape index (κ2) is 10.6. The first-order chi connectivity index (χ1) is 13.7. The molecule has 1 aliphatic rings. The number of hydrogen-bond acceptors (Lipinski definition) is 4. The number of halogens is 1. The Bertz CT molecular complexity index is 718. The monoisotopic (exact) mass is 423 g/mol. The van der Waals surface area contributed by atoms with Crippen molar-refractivity contribution in [3.8, 4) is 5.75 Å². The van der Waals surface area contributed by atoms with Crippen LogP contribution < -0.4 is 25.6 Å². The number of methoxy groups -OCH3 is 1. The summed E-state index contributed by atoms with van der Waals surface area (Å²) < 4.78 is 5.48. The highest BCUT2D eigenvalue weighted by molar-refractivity contribution is 6.30. The predicted molar refractivity (Wildman–Crippen MR) is 120 cm³/mol. The Balaban J connectivity index is 1.91. The van der Waals surface area contributed by atoms with Gasteiger partial charge in [-0.05, 0) is 31.5 Å². The molecule has 1 saturated heterocycles. The summed E-state index contributed by atoms with van der Waals surface area (Å²) in [7, 11) is 1.67. The number of nitrogens with zero attached hydrogens (tertiary/aromatic N) is 2. The van der Waals surface area contributed by atoms with Crippen molar-refractivity contribution in [2.45, 2.75) is 40.2 Å². The molecule has 8 heteroatoms. The molecule has 0 spiro atoms. The summed E-state index contributed by atoms with van der Waals surface area (Å²) in [5, 5.41) is 10.4. The van der Waals surface area contributed by atoms with Crippen LogP contribution >= 0.6 is 11.6 Å². The average molecular weight is 424 g/mol. The molecule has 3 N–H and O–H groups in total. The molecule has 1 aromatic carbocycles. The van der Waals surface area contributed by atoms with Gasteiger partial charge in [0.25, 0.3) is 0 Å². The number of nitrogens with one attached hydrogen (secondary N) is 3. The van der Waals surface area contributed by atoms with Crippen LogP contribution in [0.5, 0.6) is 5.75 Å². The summed E-state index contributed by atoms with van der Waals surface area (Å²) in [6.07, 6.45) is 0.987. The molecular formula is C21H34ClN5O2. The third-order valence-corrected chi connectivity index (χ3v) is 4.94. The molecule has 0 saturated carbocycles. The lowest BCUT2D eigenvalue weighted by atomic mass is 9.96. The first-order valence-electron chi connectivity index (χ1n) is 10.2. The van der Waals surface area contributed by atoms with Crippen molar-refractivity contribution in [3.05, 3.63) is 23.2 Å². The van der Waals surface area contributed by atoms with Crippen LogP contribution in [0.25, 0.3) is 0 Å². The number of rotatable bonds is 7. The number of guanidine groups is 1. The van der Waals surface area contributed by atoms with Gasteiger partial charge in [-0.3, -0.25) is 9.79 Å². The van der Waals surface area contributed by atoms with E-state index in [1.54, 1.807) is 7.11 Å². The molecule has 2 rings (SSSR count). The average Bonchev–Trinajstić information content (AvgIpc) is 3.12. The lowest BCUT2D eigenvalue weighted by Gasteiger charge is -2.22. The van der Waals surface area contributed by atoms with Gasteiger partial charge in [-0.2, -0.15) is 0 Å². The Kier molecular flexibility index (Phi) is 8.44. The lowest BCUT2D eigenvalue weighted by molar-refractivity contribution is -0.128. The minimum Gasteiger partial charge on any atom is -0.495 e. The second-order valence-electron chi connectivity index (χ2n) is 8.16. The van der Waals surface area contributed by atoms with E-state index in [9.17, 15) is 4.79 Å². The highest BCUT2D eigenvalue weighted by atomic mass is 35.5. The fraction of sp³-hybridized carbons (Fsp3) is 0.619. The molecule has 0 aromatic heterocycles. The van der Waals surface area contributed by atoms with Gasteiger partial charge >= 0.3 is 0 Å². The fourth-order valence-electron chi connectivity index (χ4n) is 3.12. The summed E-state index contributed by atoms with van der Waals surface area (Å²) in [6, 6.07) is 5.94. The zero-order valence-electron chi connectivity index (χ0n) is 18.1. The van der Waals surface area contributed by atoms with Crippen LogP contribution in [0.2, 0.25) is 5.02 Å². The van der Waals surface area contributed by atoms with E-state index in [0.29, 0.717) is 18.1 Å². The molecule has 1 heterocycles. The van der Waals surface area contributed by atoms with E-state index in [1.807, 2.05) is 45.9 Å². The minimum atomic E-state index is -0.388. The van der Waals surface area contributed by atoms with Crippen LogP contribution in [0.4, 0.5) is 5.69 Å². The largest absolute Gasteiger partial charge is 0.495 e. The summed E-state index contributed by atoms with van der Waals surface area (Å²) >= 11 is 6.18. The number of ether oxygens (including phenoxy) is 1. The van der Waals surface area contributed by atoms with Gasteiger partial charge in [0, 0.05) is 42.7 Å². The van der Waals surface area contributed by atoms with Crippen LogP contribution in [-0.2, 0) is 4.79 Å². The molecule has 1 aliphatic heterocycles.